The van der Waals surface area contributed by atoms with Gasteiger partial charge in [-0.2, -0.15) is 18.4 Å². The van der Waals surface area contributed by atoms with Gasteiger partial charge in [-0.25, -0.2) is 0 Å². The Morgan fingerprint density at radius 3 is 2.36 bits per heavy atom. The molecule has 33 heavy (non-hydrogen) atoms. The van der Waals surface area contributed by atoms with Gasteiger partial charge in [0.25, 0.3) is 0 Å². The number of nitrogens with one attached hydrogen (secondary N) is 1. The second-order valence-corrected chi connectivity index (χ2v) is 9.52. The summed E-state index contributed by atoms with van der Waals surface area (Å²) in [6.07, 6.45) is -6.29. The molecule has 0 amide bonds. The summed E-state index contributed by atoms with van der Waals surface area (Å²) >= 11 is 0. The van der Waals surface area contributed by atoms with Crippen LogP contribution in [0.1, 0.15) is 62.4 Å². The minimum atomic E-state index is -4.92. The SMILES string of the molecule is COc1ccc(C(C)C)cc1C(C)(C)CC(O)(Cc1[nH]c2ccccc2c1C#N)C(F)(F)F. The molecule has 0 fully saturated rings. The highest BCUT2D eigenvalue weighted by atomic mass is 19.4. The lowest BCUT2D eigenvalue weighted by Gasteiger charge is -2.38. The molecule has 0 aliphatic heterocycles. The van der Waals surface area contributed by atoms with Gasteiger partial charge < -0.3 is 14.8 Å². The number of aliphatic hydroxyl groups is 1. The maximum Gasteiger partial charge on any atom is 0.417 e. The average Bonchev–Trinajstić information content (AvgIpc) is 3.08. The van der Waals surface area contributed by atoms with E-state index in [0.29, 0.717) is 22.2 Å². The van der Waals surface area contributed by atoms with Gasteiger partial charge in [0.05, 0.1) is 12.7 Å². The number of fused-ring (bicyclic) bond motifs is 1. The first kappa shape index (κ1) is 24.7. The molecule has 1 unspecified atom stereocenters. The molecule has 0 aliphatic carbocycles. The summed E-state index contributed by atoms with van der Waals surface area (Å²) in [5.74, 6) is 0.647. The third-order valence-electron chi connectivity index (χ3n) is 6.25. The summed E-state index contributed by atoms with van der Waals surface area (Å²) in [7, 11) is 1.48. The fraction of sp³-hybridized carbons (Fsp3) is 0.423. The van der Waals surface area contributed by atoms with Gasteiger partial charge in [0.1, 0.15) is 11.8 Å². The van der Waals surface area contributed by atoms with Crippen molar-refractivity contribution in [1.82, 2.24) is 4.98 Å². The molecule has 176 valence electrons. The van der Waals surface area contributed by atoms with Crippen LogP contribution in [0.15, 0.2) is 42.5 Å². The van der Waals surface area contributed by atoms with E-state index in [4.69, 9.17) is 4.74 Å². The van der Waals surface area contributed by atoms with Crippen molar-refractivity contribution in [3.8, 4) is 11.8 Å². The third-order valence-corrected chi connectivity index (χ3v) is 6.25. The van der Waals surface area contributed by atoms with Crippen LogP contribution in [0, 0.1) is 11.3 Å². The summed E-state index contributed by atoms with van der Waals surface area (Å²) in [5, 5.41) is 21.2. The monoisotopic (exact) mass is 458 g/mol. The normalized spacial score (nSPS) is 14.3. The van der Waals surface area contributed by atoms with Gasteiger partial charge in [-0.3, -0.25) is 0 Å². The van der Waals surface area contributed by atoms with Crippen LogP contribution < -0.4 is 4.74 Å². The van der Waals surface area contributed by atoms with E-state index >= 15 is 0 Å². The Kier molecular flexibility index (Phi) is 6.54. The van der Waals surface area contributed by atoms with Crippen molar-refractivity contribution in [3.63, 3.8) is 0 Å². The molecular formula is C26H29F3N2O2. The van der Waals surface area contributed by atoms with Crippen molar-refractivity contribution in [1.29, 1.82) is 5.26 Å². The number of hydrogen-bond acceptors (Lipinski definition) is 3. The zero-order chi connectivity index (χ0) is 24.6. The van der Waals surface area contributed by atoms with Crippen LogP contribution in [0.3, 0.4) is 0 Å². The molecule has 1 heterocycles. The predicted octanol–water partition coefficient (Wildman–Crippen LogP) is 6.38. The number of aromatic nitrogens is 1. The van der Waals surface area contributed by atoms with Gasteiger partial charge in [-0.1, -0.05) is 58.0 Å². The molecule has 2 aromatic carbocycles. The lowest BCUT2D eigenvalue weighted by Crippen LogP contribution is -2.51. The van der Waals surface area contributed by atoms with Crippen LogP contribution in [0.4, 0.5) is 13.2 Å². The number of methoxy groups -OCH3 is 1. The number of rotatable bonds is 7. The van der Waals surface area contributed by atoms with E-state index in [9.17, 15) is 23.5 Å². The molecule has 1 atom stereocenters. The molecular weight excluding hydrogens is 429 g/mol. The molecule has 3 rings (SSSR count). The molecule has 3 aromatic rings. The van der Waals surface area contributed by atoms with Crippen LogP contribution in [-0.4, -0.2) is 29.0 Å². The number of benzene rings is 2. The zero-order valence-electron chi connectivity index (χ0n) is 19.5. The van der Waals surface area contributed by atoms with Gasteiger partial charge >= 0.3 is 6.18 Å². The zero-order valence-corrected chi connectivity index (χ0v) is 19.5. The van der Waals surface area contributed by atoms with E-state index in [1.807, 2.05) is 32.0 Å². The van der Waals surface area contributed by atoms with Crippen molar-refractivity contribution >= 4 is 10.9 Å². The number of hydrogen-bond donors (Lipinski definition) is 2. The molecule has 0 bridgehead atoms. The first-order chi connectivity index (χ1) is 15.3. The Labute approximate surface area is 192 Å². The van der Waals surface area contributed by atoms with Crippen molar-refractivity contribution in [2.45, 2.75) is 63.6 Å². The highest BCUT2D eigenvalue weighted by Crippen LogP contribution is 2.46. The number of para-hydroxylation sites is 1. The number of halogens is 3. The van der Waals surface area contributed by atoms with E-state index in [-0.39, 0.29) is 17.2 Å². The van der Waals surface area contributed by atoms with Crippen molar-refractivity contribution in [3.05, 3.63) is 64.8 Å². The third kappa shape index (κ3) is 4.72. The number of alkyl halides is 3. The molecule has 1 aromatic heterocycles. The molecule has 0 saturated carbocycles. The van der Waals surface area contributed by atoms with E-state index in [0.717, 1.165) is 5.56 Å². The van der Waals surface area contributed by atoms with Crippen LogP contribution in [-0.2, 0) is 11.8 Å². The molecule has 2 N–H and O–H groups in total. The molecule has 4 nitrogen and oxygen atoms in total. The number of nitriles is 1. The van der Waals surface area contributed by atoms with Crippen LogP contribution in [0.2, 0.25) is 0 Å². The van der Waals surface area contributed by atoms with E-state index in [1.165, 1.54) is 7.11 Å². The molecule has 0 aliphatic rings. The fourth-order valence-corrected chi connectivity index (χ4v) is 4.45. The van der Waals surface area contributed by atoms with Crippen LogP contribution in [0.5, 0.6) is 5.75 Å². The van der Waals surface area contributed by atoms with Gasteiger partial charge in [-0.05, 0) is 35.4 Å². The first-order valence-electron chi connectivity index (χ1n) is 10.8. The number of ether oxygens (including phenoxy) is 1. The highest BCUT2D eigenvalue weighted by Gasteiger charge is 2.56. The maximum absolute atomic E-state index is 14.3. The average molecular weight is 459 g/mol. The Morgan fingerprint density at radius 1 is 1.12 bits per heavy atom. The fourth-order valence-electron chi connectivity index (χ4n) is 4.45. The maximum atomic E-state index is 14.3. The Bertz CT molecular complexity index is 1190. The first-order valence-corrected chi connectivity index (χ1v) is 10.8. The highest BCUT2D eigenvalue weighted by molar-refractivity contribution is 5.87. The Balaban J connectivity index is 2.08. The summed E-state index contributed by atoms with van der Waals surface area (Å²) in [4.78, 5) is 2.91. The Hall–Kier alpha value is -2.98. The standard InChI is InChI=1S/C26H29F3N2O2/c1-16(2)17-10-11-23(33-5)20(12-17)24(3,4)15-25(32,26(27,28)29)13-22-19(14-30)18-8-6-7-9-21(18)31-22/h6-12,16,31-32H,13,15H2,1-5H3. The second-order valence-electron chi connectivity index (χ2n) is 9.52. The quantitative estimate of drug-likeness (QED) is 0.432. The number of nitrogens with zero attached hydrogens (tertiary/aromatic N) is 1. The topological polar surface area (TPSA) is 69.0 Å². The predicted molar refractivity (Wildman–Crippen MR) is 122 cm³/mol. The van der Waals surface area contributed by atoms with Crippen LogP contribution in [0.25, 0.3) is 10.9 Å². The van der Waals surface area contributed by atoms with Gasteiger partial charge in [0.15, 0.2) is 5.60 Å². The summed E-state index contributed by atoms with van der Waals surface area (Å²) in [6.45, 7) is 7.35. The smallest absolute Gasteiger partial charge is 0.417 e. The van der Waals surface area contributed by atoms with Gasteiger partial charge in [0, 0.05) is 28.6 Å². The molecule has 0 spiro atoms. The minimum absolute atomic E-state index is 0.0669. The number of H-pyrrole nitrogens is 1. The van der Waals surface area contributed by atoms with E-state index < -0.39 is 30.0 Å². The largest absolute Gasteiger partial charge is 0.496 e. The summed E-state index contributed by atoms with van der Waals surface area (Å²) < 4.78 is 48.5. The lowest BCUT2D eigenvalue weighted by molar-refractivity contribution is -0.266. The second kappa shape index (κ2) is 8.75. The van der Waals surface area contributed by atoms with E-state index in [1.54, 1.807) is 44.2 Å². The minimum Gasteiger partial charge on any atom is -0.496 e. The van der Waals surface area contributed by atoms with Gasteiger partial charge in [0.2, 0.25) is 0 Å². The lowest BCUT2D eigenvalue weighted by atomic mass is 9.72. The Morgan fingerprint density at radius 2 is 1.79 bits per heavy atom. The summed E-state index contributed by atoms with van der Waals surface area (Å²) in [5.41, 5.74) is -1.85. The molecule has 7 heteroatoms. The number of aromatic amines is 1. The molecule has 0 radical (unpaired) electrons. The van der Waals surface area contributed by atoms with Gasteiger partial charge in [-0.15, -0.1) is 0 Å². The summed E-state index contributed by atoms with van der Waals surface area (Å²) in [6, 6.07) is 14.3. The van der Waals surface area contributed by atoms with Crippen molar-refractivity contribution < 1.29 is 23.0 Å². The molecule has 0 saturated heterocycles. The van der Waals surface area contributed by atoms with Crippen LogP contribution >= 0.6 is 0 Å². The van der Waals surface area contributed by atoms with Crippen molar-refractivity contribution in [2.75, 3.05) is 7.11 Å². The van der Waals surface area contributed by atoms with E-state index in [2.05, 4.69) is 4.98 Å². The van der Waals surface area contributed by atoms with Crippen molar-refractivity contribution in [2.24, 2.45) is 0 Å².